The molecular weight excluding hydrogens is 246 g/mol. The van der Waals surface area contributed by atoms with Gasteiger partial charge in [0, 0.05) is 11.0 Å². The quantitative estimate of drug-likeness (QED) is 0.828. The molecule has 3 nitrogen and oxygen atoms in total. The number of methoxy groups -OCH3 is 1. The van der Waals surface area contributed by atoms with Gasteiger partial charge in [0.25, 0.3) is 0 Å². The normalized spacial score (nSPS) is 9.64. The Morgan fingerprint density at radius 3 is 2.86 bits per heavy atom. The van der Waals surface area contributed by atoms with Crippen molar-refractivity contribution in [3.63, 3.8) is 0 Å². The molecule has 1 amide bonds. The number of aryl methyl sites for hydroxylation is 1. The second-order valence-electron chi connectivity index (χ2n) is 2.85. The highest BCUT2D eigenvalue weighted by molar-refractivity contribution is 9.08. The molecular formula is C10H12BrNO2. The third kappa shape index (κ3) is 2.48. The lowest BCUT2D eigenvalue weighted by molar-refractivity contribution is 0.187. The molecule has 0 bridgehead atoms. The van der Waals surface area contributed by atoms with Gasteiger partial charge >= 0.3 is 6.09 Å². The first-order valence-corrected chi connectivity index (χ1v) is 5.30. The van der Waals surface area contributed by atoms with Crippen LogP contribution in [-0.4, -0.2) is 13.2 Å². The summed E-state index contributed by atoms with van der Waals surface area (Å²) < 4.78 is 4.53. The molecule has 4 heteroatoms. The van der Waals surface area contributed by atoms with Gasteiger partial charge in [-0.25, -0.2) is 4.79 Å². The molecule has 0 fully saturated rings. The first kappa shape index (κ1) is 11.0. The van der Waals surface area contributed by atoms with E-state index in [1.165, 1.54) is 7.11 Å². The van der Waals surface area contributed by atoms with Crippen LogP contribution in [0.25, 0.3) is 0 Å². The minimum atomic E-state index is -0.446. The van der Waals surface area contributed by atoms with E-state index in [9.17, 15) is 4.79 Å². The Morgan fingerprint density at radius 2 is 2.29 bits per heavy atom. The molecule has 1 rings (SSSR count). The summed E-state index contributed by atoms with van der Waals surface area (Å²) in [6.07, 6.45) is -0.446. The molecule has 0 aliphatic rings. The van der Waals surface area contributed by atoms with E-state index < -0.39 is 6.09 Å². The first-order chi connectivity index (χ1) is 6.69. The number of hydrogen-bond donors (Lipinski definition) is 1. The largest absolute Gasteiger partial charge is 0.453 e. The Hall–Kier alpha value is -1.03. The van der Waals surface area contributed by atoms with Gasteiger partial charge in [0.05, 0.1) is 7.11 Å². The zero-order valence-corrected chi connectivity index (χ0v) is 9.72. The van der Waals surface area contributed by atoms with E-state index in [2.05, 4.69) is 26.0 Å². The molecule has 0 unspecified atom stereocenters. The fourth-order valence-electron chi connectivity index (χ4n) is 1.16. The summed E-state index contributed by atoms with van der Waals surface area (Å²) in [7, 11) is 1.35. The lowest BCUT2D eigenvalue weighted by atomic mass is 10.1. The maximum Gasteiger partial charge on any atom is 0.411 e. The van der Waals surface area contributed by atoms with Crippen LogP contribution >= 0.6 is 15.9 Å². The van der Waals surface area contributed by atoms with E-state index in [0.717, 1.165) is 16.8 Å². The van der Waals surface area contributed by atoms with Gasteiger partial charge in [0.1, 0.15) is 0 Å². The van der Waals surface area contributed by atoms with Crippen molar-refractivity contribution >= 4 is 27.7 Å². The summed E-state index contributed by atoms with van der Waals surface area (Å²) in [5.74, 6) is 0. The molecule has 0 saturated carbocycles. The second kappa shape index (κ2) is 5.00. The van der Waals surface area contributed by atoms with Crippen LogP contribution in [0.4, 0.5) is 10.5 Å². The number of hydrogen-bond acceptors (Lipinski definition) is 2. The Balaban J connectivity index is 2.96. The Morgan fingerprint density at radius 1 is 1.57 bits per heavy atom. The molecule has 1 aromatic carbocycles. The van der Waals surface area contributed by atoms with Crippen LogP contribution < -0.4 is 5.32 Å². The average molecular weight is 258 g/mol. The smallest absolute Gasteiger partial charge is 0.411 e. The van der Waals surface area contributed by atoms with Crippen LogP contribution in [0.2, 0.25) is 0 Å². The predicted molar refractivity (Wildman–Crippen MR) is 59.8 cm³/mol. The molecule has 0 aromatic heterocycles. The topological polar surface area (TPSA) is 38.3 Å². The molecule has 1 N–H and O–H groups in total. The number of carbonyl (C=O) groups excluding carboxylic acids is 1. The summed E-state index contributed by atoms with van der Waals surface area (Å²) in [5, 5.41) is 3.37. The maximum atomic E-state index is 11.0. The highest BCUT2D eigenvalue weighted by atomic mass is 79.9. The molecule has 76 valence electrons. The molecule has 0 heterocycles. The Bertz CT molecular complexity index is 339. The van der Waals surface area contributed by atoms with Crippen LogP contribution in [0.1, 0.15) is 11.1 Å². The van der Waals surface area contributed by atoms with Crippen LogP contribution in [-0.2, 0) is 10.1 Å². The monoisotopic (exact) mass is 257 g/mol. The van der Waals surface area contributed by atoms with Crippen LogP contribution in [0.15, 0.2) is 18.2 Å². The number of anilines is 1. The van der Waals surface area contributed by atoms with Gasteiger partial charge in [0.15, 0.2) is 0 Å². The predicted octanol–water partition coefficient (Wildman–Crippen LogP) is 3.07. The number of carbonyl (C=O) groups is 1. The summed E-state index contributed by atoms with van der Waals surface area (Å²) >= 11 is 3.38. The Kier molecular flexibility index (Phi) is 3.95. The molecule has 0 aliphatic carbocycles. The molecule has 14 heavy (non-hydrogen) atoms. The molecule has 0 spiro atoms. The minimum absolute atomic E-state index is 0.446. The summed E-state index contributed by atoms with van der Waals surface area (Å²) in [6, 6.07) is 5.74. The van der Waals surface area contributed by atoms with Crippen molar-refractivity contribution in [2.75, 3.05) is 12.4 Å². The highest BCUT2D eigenvalue weighted by Crippen LogP contribution is 2.22. The van der Waals surface area contributed by atoms with Gasteiger partial charge in [-0.3, -0.25) is 5.32 Å². The lowest BCUT2D eigenvalue weighted by Crippen LogP contribution is -2.12. The zero-order chi connectivity index (χ0) is 10.6. The number of rotatable bonds is 2. The first-order valence-electron chi connectivity index (χ1n) is 4.18. The van der Waals surface area contributed by atoms with Crippen molar-refractivity contribution in [1.29, 1.82) is 0 Å². The zero-order valence-electron chi connectivity index (χ0n) is 8.13. The standard InChI is InChI=1S/C10H12BrNO2/c1-7-4-3-5-9(8(7)6-11)12-10(13)14-2/h3-5H,6H2,1-2H3,(H,12,13). The number of nitrogens with one attached hydrogen (secondary N) is 1. The SMILES string of the molecule is COC(=O)Nc1cccc(C)c1CBr. The maximum absolute atomic E-state index is 11.0. The fourth-order valence-corrected chi connectivity index (χ4v) is 1.90. The van der Waals surface area contributed by atoms with E-state index >= 15 is 0 Å². The van der Waals surface area contributed by atoms with Gasteiger partial charge in [0.2, 0.25) is 0 Å². The highest BCUT2D eigenvalue weighted by Gasteiger charge is 2.07. The number of benzene rings is 1. The van der Waals surface area contributed by atoms with Crippen LogP contribution in [0, 0.1) is 6.92 Å². The number of ether oxygens (including phenoxy) is 1. The van der Waals surface area contributed by atoms with E-state index in [1.807, 2.05) is 25.1 Å². The van der Waals surface area contributed by atoms with Crippen molar-refractivity contribution in [2.24, 2.45) is 0 Å². The van der Waals surface area contributed by atoms with Crippen molar-refractivity contribution in [1.82, 2.24) is 0 Å². The van der Waals surface area contributed by atoms with Gasteiger partial charge in [-0.1, -0.05) is 28.1 Å². The number of alkyl halides is 1. The Labute approximate surface area is 91.6 Å². The van der Waals surface area contributed by atoms with Gasteiger partial charge in [-0.2, -0.15) is 0 Å². The van der Waals surface area contributed by atoms with Crippen molar-refractivity contribution in [3.05, 3.63) is 29.3 Å². The number of halogens is 1. The third-order valence-corrected chi connectivity index (χ3v) is 2.53. The summed E-state index contributed by atoms with van der Waals surface area (Å²) in [4.78, 5) is 11.0. The van der Waals surface area contributed by atoms with E-state index in [1.54, 1.807) is 0 Å². The average Bonchev–Trinajstić information content (AvgIpc) is 2.18. The van der Waals surface area contributed by atoms with Crippen molar-refractivity contribution in [2.45, 2.75) is 12.3 Å². The molecule has 0 aliphatic heterocycles. The van der Waals surface area contributed by atoms with Crippen molar-refractivity contribution in [3.8, 4) is 0 Å². The van der Waals surface area contributed by atoms with Gasteiger partial charge in [-0.15, -0.1) is 0 Å². The lowest BCUT2D eigenvalue weighted by Gasteiger charge is -2.10. The third-order valence-electron chi connectivity index (χ3n) is 1.97. The van der Waals surface area contributed by atoms with E-state index in [0.29, 0.717) is 5.33 Å². The molecule has 0 radical (unpaired) electrons. The molecule has 0 saturated heterocycles. The van der Waals surface area contributed by atoms with Crippen LogP contribution in [0.3, 0.4) is 0 Å². The van der Waals surface area contributed by atoms with Crippen molar-refractivity contribution < 1.29 is 9.53 Å². The molecule has 0 atom stereocenters. The minimum Gasteiger partial charge on any atom is -0.453 e. The summed E-state index contributed by atoms with van der Waals surface area (Å²) in [6.45, 7) is 2.00. The molecule has 1 aromatic rings. The fraction of sp³-hybridized carbons (Fsp3) is 0.300. The van der Waals surface area contributed by atoms with Crippen LogP contribution in [0.5, 0.6) is 0 Å². The van der Waals surface area contributed by atoms with E-state index in [-0.39, 0.29) is 0 Å². The van der Waals surface area contributed by atoms with Gasteiger partial charge < -0.3 is 4.74 Å². The van der Waals surface area contributed by atoms with E-state index in [4.69, 9.17) is 0 Å². The second-order valence-corrected chi connectivity index (χ2v) is 3.41. The number of amides is 1. The van der Waals surface area contributed by atoms with Gasteiger partial charge in [-0.05, 0) is 24.1 Å². The summed E-state index contributed by atoms with van der Waals surface area (Å²) in [5.41, 5.74) is 2.99.